The van der Waals surface area contributed by atoms with Crippen molar-refractivity contribution in [2.45, 2.75) is 228 Å². The molecular formula is C72H117N15Y-2. The van der Waals surface area contributed by atoms with E-state index >= 15 is 0 Å². The Kier molecular flexibility index (Phi) is 76.5. The summed E-state index contributed by atoms with van der Waals surface area (Å²) in [6.07, 6.45) is 15.6. The topological polar surface area (TPSA) is 193 Å². The Bertz CT molecular complexity index is 2500. The predicted octanol–water partition coefficient (Wildman–Crippen LogP) is 19.1. The maximum atomic E-state index is 4.11. The van der Waals surface area contributed by atoms with Crippen LogP contribution in [0.15, 0.2) is 110 Å². The number of hydrogen-bond donors (Lipinski definition) is 0. The molecule has 7 heterocycles. The number of nitrogens with zero attached hydrogens (tertiary/aromatic N) is 15. The van der Waals surface area contributed by atoms with Gasteiger partial charge in [0, 0.05) is 105 Å². The van der Waals surface area contributed by atoms with E-state index in [2.05, 4.69) is 137 Å². The van der Waals surface area contributed by atoms with Crippen LogP contribution < -0.4 is 0 Å². The molecule has 0 atom stereocenters. The maximum absolute atomic E-state index is 4.11. The third-order valence-corrected chi connectivity index (χ3v) is 8.61. The average molecular weight is 1280 g/mol. The van der Waals surface area contributed by atoms with E-state index in [1.54, 1.807) is 55.9 Å². The van der Waals surface area contributed by atoms with Crippen molar-refractivity contribution in [3.63, 3.8) is 0 Å². The normalized spacial score (nSPS) is 8.19. The summed E-state index contributed by atoms with van der Waals surface area (Å²) in [6.45, 7) is 64.8. The third kappa shape index (κ3) is 60.7. The van der Waals surface area contributed by atoms with Crippen molar-refractivity contribution in [2.24, 2.45) is 0 Å². The van der Waals surface area contributed by atoms with Gasteiger partial charge in [0.1, 0.15) is 35.4 Å². The van der Waals surface area contributed by atoms with E-state index in [4.69, 9.17) is 0 Å². The molecule has 0 amide bonds. The molecule has 16 heteroatoms. The first-order chi connectivity index (χ1) is 41.7. The van der Waals surface area contributed by atoms with Crippen LogP contribution >= 0.6 is 0 Å². The fraction of sp³-hybridized carbons (Fsp3) is 0.458. The van der Waals surface area contributed by atoms with Crippen LogP contribution in [0.25, 0.3) is 11.1 Å². The second-order valence-electron chi connectivity index (χ2n) is 16.2. The standard InChI is InChI=1S/C14H12.C6H9N3.6C6H8N2.8C2H6.Y/c1-11-5-3-7-13(9-11)14-8-4-6-12(2)10-14;1-4-7-5(2)9-6(3)8-4;2*1-5-3-8-6(2)4-7-5;1-5-3-7-4-6(2)8-5;1-5-3-6(2)8-4-7-5;2*1-5-3-4-7-6(2)8-5;8*1-2;/h3-8H,1-2H3;1-3H3;6*3-4H,1-2H3;8*1-2H3;/q-2;;;;;;;;;;;;;;;;. The Morgan fingerprint density at radius 2 is 0.534 bits per heavy atom. The van der Waals surface area contributed by atoms with Crippen molar-refractivity contribution >= 4 is 0 Å². The molecule has 2 aromatic carbocycles. The SMILES string of the molecule is CC.CC.CC.CC.CC.CC.CC.CC.Cc1[c-]c(-c2[c-]c(C)ccc2)ccc1.Cc1cc(C)ncn1.Cc1ccnc(C)n1.Cc1ccnc(C)n1.Cc1cnc(C)cn1.Cc1cnc(C)cn1.Cc1cncc(C)n1.Cc1nc(C)nc(C)n1.[Y]. The van der Waals surface area contributed by atoms with Gasteiger partial charge in [-0.1, -0.05) is 125 Å². The van der Waals surface area contributed by atoms with E-state index in [1.807, 2.05) is 233 Å². The van der Waals surface area contributed by atoms with E-state index in [0.717, 1.165) is 108 Å². The molecule has 0 N–H and O–H groups in total. The Morgan fingerprint density at radius 1 is 0.250 bits per heavy atom. The fourth-order valence-corrected chi connectivity index (χ4v) is 5.50. The summed E-state index contributed by atoms with van der Waals surface area (Å²) in [6, 6.07) is 24.7. The van der Waals surface area contributed by atoms with Crippen LogP contribution in [0, 0.1) is 130 Å². The molecule has 15 nitrogen and oxygen atoms in total. The fourth-order valence-electron chi connectivity index (χ4n) is 5.50. The largest absolute Gasteiger partial charge is 0.261 e. The Morgan fingerprint density at radius 3 is 0.716 bits per heavy atom. The van der Waals surface area contributed by atoms with Gasteiger partial charge in [-0.3, -0.25) is 29.9 Å². The molecule has 0 unspecified atom stereocenters. The van der Waals surface area contributed by atoms with Crippen LogP contribution in [0.5, 0.6) is 0 Å². The number of benzene rings is 2. The van der Waals surface area contributed by atoms with Crippen molar-refractivity contribution < 1.29 is 32.7 Å². The predicted molar refractivity (Wildman–Crippen MR) is 373 cm³/mol. The van der Waals surface area contributed by atoms with Gasteiger partial charge in [-0.2, -0.15) is 36.4 Å². The van der Waals surface area contributed by atoms with Crippen LogP contribution in [-0.2, 0) is 32.7 Å². The van der Waals surface area contributed by atoms with Gasteiger partial charge in [0.2, 0.25) is 0 Å². The average Bonchev–Trinajstić information content (AvgIpc) is 3.65. The molecule has 0 fully saturated rings. The summed E-state index contributed by atoms with van der Waals surface area (Å²) in [7, 11) is 0. The molecule has 9 aromatic rings. The molecule has 0 bridgehead atoms. The molecule has 7 aromatic heterocycles. The molecular weight excluding hydrogens is 1160 g/mol. The molecule has 0 aliphatic heterocycles. The van der Waals surface area contributed by atoms with Crippen LogP contribution in [0.3, 0.4) is 0 Å². The summed E-state index contributed by atoms with van der Waals surface area (Å²) in [4.78, 5) is 60.0. The molecule has 0 aliphatic carbocycles. The van der Waals surface area contributed by atoms with Crippen molar-refractivity contribution in [1.29, 1.82) is 0 Å². The summed E-state index contributed by atoms with van der Waals surface area (Å²) in [5.41, 5.74) is 14.5. The van der Waals surface area contributed by atoms with Gasteiger partial charge in [-0.25, -0.2) is 56.0 Å². The van der Waals surface area contributed by atoms with Crippen LogP contribution in [0.2, 0.25) is 0 Å². The summed E-state index contributed by atoms with van der Waals surface area (Å²) in [5, 5.41) is 0. The van der Waals surface area contributed by atoms with Crippen LogP contribution in [0.4, 0.5) is 0 Å². The monoisotopic (exact) mass is 1280 g/mol. The van der Waals surface area contributed by atoms with Gasteiger partial charge in [-0.15, -0.1) is 23.3 Å². The van der Waals surface area contributed by atoms with Gasteiger partial charge in [0.25, 0.3) is 0 Å². The van der Waals surface area contributed by atoms with Crippen LogP contribution in [-0.4, -0.2) is 74.8 Å². The van der Waals surface area contributed by atoms with Crippen molar-refractivity contribution in [3.8, 4) is 11.1 Å². The quantitative estimate of drug-likeness (QED) is 0.141. The van der Waals surface area contributed by atoms with Crippen LogP contribution in [0.1, 0.15) is 208 Å². The minimum Gasteiger partial charge on any atom is -0.261 e. The molecule has 485 valence electrons. The molecule has 0 aliphatic rings. The summed E-state index contributed by atoms with van der Waals surface area (Å²) < 4.78 is 0. The Balaban J connectivity index is -0.000000135. The maximum Gasteiger partial charge on any atom is 0.129 e. The Labute approximate surface area is 563 Å². The van der Waals surface area contributed by atoms with Gasteiger partial charge in [0.05, 0.1) is 34.2 Å². The summed E-state index contributed by atoms with van der Waals surface area (Å²) >= 11 is 0. The smallest absolute Gasteiger partial charge is 0.129 e. The number of aromatic nitrogens is 15. The van der Waals surface area contributed by atoms with E-state index in [-0.39, 0.29) is 32.7 Å². The Hall–Kier alpha value is -6.97. The zero-order chi connectivity index (χ0) is 68.7. The van der Waals surface area contributed by atoms with Crippen molar-refractivity contribution in [3.05, 3.63) is 220 Å². The molecule has 1 radical (unpaired) electrons. The molecule has 0 saturated heterocycles. The zero-order valence-electron chi connectivity index (χ0n) is 61.2. The van der Waals surface area contributed by atoms with E-state index in [9.17, 15) is 0 Å². The molecule has 0 saturated carbocycles. The second-order valence-corrected chi connectivity index (χ2v) is 16.2. The minimum absolute atomic E-state index is 0. The van der Waals surface area contributed by atoms with Gasteiger partial charge < -0.3 is 0 Å². The van der Waals surface area contributed by atoms with Gasteiger partial charge in [-0.05, 0) is 122 Å². The van der Waals surface area contributed by atoms with Crippen molar-refractivity contribution in [1.82, 2.24) is 74.8 Å². The van der Waals surface area contributed by atoms with Gasteiger partial charge >= 0.3 is 0 Å². The second kappa shape index (κ2) is 69.1. The third-order valence-electron chi connectivity index (χ3n) is 8.61. The van der Waals surface area contributed by atoms with E-state index < -0.39 is 0 Å². The molecule has 88 heavy (non-hydrogen) atoms. The van der Waals surface area contributed by atoms with E-state index in [1.165, 1.54) is 0 Å². The summed E-state index contributed by atoms with van der Waals surface area (Å²) in [5.74, 6) is 4.05. The first-order valence-electron chi connectivity index (χ1n) is 30.8. The van der Waals surface area contributed by atoms with E-state index in [0.29, 0.717) is 0 Å². The zero-order valence-corrected chi connectivity index (χ0v) is 64.0. The van der Waals surface area contributed by atoms with Gasteiger partial charge in [0.15, 0.2) is 0 Å². The molecule has 9 rings (SSSR count). The minimum atomic E-state index is 0. The number of aryl methyl sites for hydroxylation is 17. The number of rotatable bonds is 1. The first-order valence-corrected chi connectivity index (χ1v) is 30.8. The number of hydrogen-bond acceptors (Lipinski definition) is 15. The van der Waals surface area contributed by atoms with Crippen molar-refractivity contribution in [2.75, 3.05) is 0 Å². The molecule has 0 spiro atoms. The first kappa shape index (κ1) is 97.3.